The summed E-state index contributed by atoms with van der Waals surface area (Å²) >= 11 is 1.24. The molecule has 2 aliphatic rings. The van der Waals surface area contributed by atoms with Crippen molar-refractivity contribution in [1.82, 2.24) is 9.71 Å². The summed E-state index contributed by atoms with van der Waals surface area (Å²) in [6.07, 6.45) is 7.38. The maximum atomic E-state index is 12.3. The van der Waals surface area contributed by atoms with E-state index in [0.717, 1.165) is 50.6 Å². The highest BCUT2D eigenvalue weighted by atomic mass is 32.2. The smallest absolute Gasteiger partial charge is 0.267 e. The van der Waals surface area contributed by atoms with E-state index in [1.807, 2.05) is 0 Å². The van der Waals surface area contributed by atoms with Gasteiger partial charge < -0.3 is 0 Å². The Morgan fingerprint density at radius 2 is 1.95 bits per heavy atom. The number of sulfonamides is 1. The molecule has 0 radical (unpaired) electrons. The lowest BCUT2D eigenvalue weighted by Crippen LogP contribution is -2.36. The molecule has 0 atom stereocenters. The molecule has 0 bridgehead atoms. The molecule has 3 rings (SSSR count). The monoisotopic (exact) mass is 328 g/mol. The van der Waals surface area contributed by atoms with E-state index in [9.17, 15) is 13.2 Å². The molecular formula is C14H20N2O3S2. The van der Waals surface area contributed by atoms with Gasteiger partial charge in [-0.25, -0.2) is 18.1 Å². The van der Waals surface area contributed by atoms with Gasteiger partial charge in [-0.15, -0.1) is 11.3 Å². The third-order valence-corrected chi connectivity index (χ3v) is 6.72. The highest BCUT2D eigenvalue weighted by Crippen LogP contribution is 2.36. The Morgan fingerprint density at radius 3 is 2.57 bits per heavy atom. The first-order valence-electron chi connectivity index (χ1n) is 7.53. The normalized spacial score (nSPS) is 20.4. The van der Waals surface area contributed by atoms with Crippen LogP contribution in [0.5, 0.6) is 0 Å². The lowest BCUT2D eigenvalue weighted by Gasteiger charge is -2.24. The van der Waals surface area contributed by atoms with Gasteiger partial charge in [-0.2, -0.15) is 0 Å². The van der Waals surface area contributed by atoms with Crippen molar-refractivity contribution in [2.75, 3.05) is 5.75 Å². The maximum Gasteiger partial charge on any atom is 0.276 e. The third kappa shape index (κ3) is 3.45. The van der Waals surface area contributed by atoms with Gasteiger partial charge in [0, 0.05) is 5.92 Å². The molecular weight excluding hydrogens is 308 g/mol. The highest BCUT2D eigenvalue weighted by molar-refractivity contribution is 7.90. The van der Waals surface area contributed by atoms with Crippen molar-refractivity contribution in [3.63, 3.8) is 0 Å². The number of rotatable bonds is 5. The second-order valence-corrected chi connectivity index (χ2v) is 8.68. The minimum absolute atomic E-state index is 0.0658. The molecule has 0 aliphatic heterocycles. The minimum Gasteiger partial charge on any atom is -0.267 e. The minimum atomic E-state index is -3.53. The van der Waals surface area contributed by atoms with E-state index in [-0.39, 0.29) is 11.7 Å². The summed E-state index contributed by atoms with van der Waals surface area (Å²) in [6, 6.07) is 0. The van der Waals surface area contributed by atoms with Crippen LogP contribution in [-0.4, -0.2) is 25.1 Å². The van der Waals surface area contributed by atoms with Gasteiger partial charge in [-0.1, -0.05) is 19.3 Å². The molecule has 1 amide bonds. The van der Waals surface area contributed by atoms with Crippen LogP contribution >= 0.6 is 11.3 Å². The quantitative estimate of drug-likeness (QED) is 0.901. The SMILES string of the molecule is O=C(NS(=O)(=O)CC1CCC1)c1scnc1C1CCCC1. The van der Waals surface area contributed by atoms with Crippen molar-refractivity contribution in [2.45, 2.75) is 50.9 Å². The molecule has 116 valence electrons. The number of carbonyl (C=O) groups is 1. The van der Waals surface area contributed by atoms with Gasteiger partial charge in [0.25, 0.3) is 5.91 Å². The summed E-state index contributed by atoms with van der Waals surface area (Å²) in [5.74, 6) is 0.0900. The van der Waals surface area contributed by atoms with Crippen LogP contribution in [0.4, 0.5) is 0 Å². The van der Waals surface area contributed by atoms with E-state index >= 15 is 0 Å². The number of hydrogen-bond acceptors (Lipinski definition) is 5. The molecule has 0 unspecified atom stereocenters. The van der Waals surface area contributed by atoms with E-state index in [1.54, 1.807) is 5.51 Å². The van der Waals surface area contributed by atoms with Gasteiger partial charge in [-0.3, -0.25) is 4.79 Å². The van der Waals surface area contributed by atoms with Gasteiger partial charge in [0.15, 0.2) is 0 Å². The third-order valence-electron chi connectivity index (χ3n) is 4.47. The van der Waals surface area contributed by atoms with Gasteiger partial charge in [-0.05, 0) is 31.6 Å². The Kier molecular flexibility index (Phi) is 4.31. The average molecular weight is 328 g/mol. The van der Waals surface area contributed by atoms with E-state index in [1.165, 1.54) is 11.3 Å². The van der Waals surface area contributed by atoms with Crippen LogP contribution in [0.1, 0.15) is 66.2 Å². The Balaban J connectivity index is 1.69. The average Bonchev–Trinajstić information content (AvgIpc) is 3.03. The van der Waals surface area contributed by atoms with E-state index in [2.05, 4.69) is 9.71 Å². The van der Waals surface area contributed by atoms with E-state index in [4.69, 9.17) is 0 Å². The van der Waals surface area contributed by atoms with Gasteiger partial charge in [0.05, 0.1) is 17.0 Å². The summed E-state index contributed by atoms with van der Waals surface area (Å²) in [7, 11) is -3.53. The number of aromatic nitrogens is 1. The lowest BCUT2D eigenvalue weighted by molar-refractivity contribution is 0.0983. The number of nitrogens with one attached hydrogen (secondary N) is 1. The topological polar surface area (TPSA) is 76.1 Å². The number of nitrogens with zero attached hydrogens (tertiary/aromatic N) is 1. The van der Waals surface area contributed by atoms with Crippen molar-refractivity contribution < 1.29 is 13.2 Å². The second kappa shape index (κ2) is 6.04. The van der Waals surface area contributed by atoms with Crippen molar-refractivity contribution in [3.8, 4) is 0 Å². The Hall–Kier alpha value is -0.950. The Morgan fingerprint density at radius 1 is 1.24 bits per heavy atom. The number of carbonyl (C=O) groups excluding carboxylic acids is 1. The molecule has 0 spiro atoms. The predicted molar refractivity (Wildman–Crippen MR) is 81.9 cm³/mol. The summed E-state index contributed by atoms with van der Waals surface area (Å²) in [6.45, 7) is 0. The zero-order valence-electron chi connectivity index (χ0n) is 11.9. The fourth-order valence-electron chi connectivity index (χ4n) is 3.11. The predicted octanol–water partition coefficient (Wildman–Crippen LogP) is 2.66. The molecule has 2 fully saturated rings. The summed E-state index contributed by atoms with van der Waals surface area (Å²) < 4.78 is 26.3. The van der Waals surface area contributed by atoms with Crippen molar-refractivity contribution >= 4 is 27.3 Å². The molecule has 1 aromatic rings. The molecule has 21 heavy (non-hydrogen) atoms. The Labute approximate surface area is 129 Å². The van der Waals surface area contributed by atoms with Crippen LogP contribution in [0.25, 0.3) is 0 Å². The highest BCUT2D eigenvalue weighted by Gasteiger charge is 2.29. The molecule has 1 aromatic heterocycles. The fraction of sp³-hybridized carbons (Fsp3) is 0.714. The zero-order valence-corrected chi connectivity index (χ0v) is 13.5. The van der Waals surface area contributed by atoms with Crippen LogP contribution in [0.15, 0.2) is 5.51 Å². The molecule has 1 heterocycles. The molecule has 0 saturated heterocycles. The second-order valence-electron chi connectivity index (χ2n) is 6.06. The molecule has 2 aliphatic carbocycles. The molecule has 2 saturated carbocycles. The maximum absolute atomic E-state index is 12.3. The number of thiazole rings is 1. The summed E-state index contributed by atoms with van der Waals surface area (Å²) in [5, 5.41) is 0. The number of amides is 1. The van der Waals surface area contributed by atoms with E-state index in [0.29, 0.717) is 10.8 Å². The van der Waals surface area contributed by atoms with Crippen LogP contribution in [0.3, 0.4) is 0 Å². The van der Waals surface area contributed by atoms with Crippen LogP contribution in [0.2, 0.25) is 0 Å². The van der Waals surface area contributed by atoms with Crippen molar-refractivity contribution in [1.29, 1.82) is 0 Å². The van der Waals surface area contributed by atoms with Crippen molar-refractivity contribution in [2.24, 2.45) is 5.92 Å². The molecule has 1 N–H and O–H groups in total. The standard InChI is InChI=1S/C14H20N2O3S2/c17-14(16-21(18,19)8-10-4-3-5-10)13-12(15-9-20-13)11-6-1-2-7-11/h9-11H,1-8H2,(H,16,17). The molecule has 0 aromatic carbocycles. The van der Waals surface area contributed by atoms with Gasteiger partial charge in [0.1, 0.15) is 4.88 Å². The fourth-order valence-corrected chi connectivity index (χ4v) is 5.37. The first-order chi connectivity index (χ1) is 10.1. The van der Waals surface area contributed by atoms with Gasteiger partial charge >= 0.3 is 0 Å². The summed E-state index contributed by atoms with van der Waals surface area (Å²) in [5.41, 5.74) is 2.43. The van der Waals surface area contributed by atoms with Crippen LogP contribution in [0, 0.1) is 5.92 Å². The zero-order chi connectivity index (χ0) is 14.9. The largest absolute Gasteiger partial charge is 0.276 e. The summed E-state index contributed by atoms with van der Waals surface area (Å²) in [4.78, 5) is 17.0. The number of hydrogen-bond donors (Lipinski definition) is 1. The lowest BCUT2D eigenvalue weighted by atomic mass is 9.87. The molecule has 5 nitrogen and oxygen atoms in total. The van der Waals surface area contributed by atoms with Crippen LogP contribution < -0.4 is 4.72 Å². The van der Waals surface area contributed by atoms with Crippen molar-refractivity contribution in [3.05, 3.63) is 16.1 Å². The Bertz CT molecular complexity index is 614. The van der Waals surface area contributed by atoms with Gasteiger partial charge in [0.2, 0.25) is 10.0 Å². The first kappa shape index (κ1) is 15.0. The van der Waals surface area contributed by atoms with Crippen LogP contribution in [-0.2, 0) is 10.0 Å². The molecule has 7 heteroatoms. The van der Waals surface area contributed by atoms with E-state index < -0.39 is 15.9 Å². The first-order valence-corrected chi connectivity index (χ1v) is 10.1.